The number of aryl methyl sites for hydroxylation is 3. The average molecular weight is 334 g/mol. The van der Waals surface area contributed by atoms with Crippen LogP contribution in [0.1, 0.15) is 42.5 Å². The molecule has 1 aromatic carbocycles. The summed E-state index contributed by atoms with van der Waals surface area (Å²) in [4.78, 5) is 12.5. The van der Waals surface area contributed by atoms with E-state index >= 15 is 0 Å². The second-order valence-corrected chi connectivity index (χ2v) is 7.70. The van der Waals surface area contributed by atoms with Crippen molar-refractivity contribution in [2.24, 2.45) is 5.92 Å². The molecule has 1 heterocycles. The van der Waals surface area contributed by atoms with E-state index in [2.05, 4.69) is 13.8 Å². The second-order valence-electron chi connectivity index (χ2n) is 6.38. The molecule has 0 fully saturated rings. The number of aliphatic hydroxyl groups excluding tert-OH is 1. The number of hydrogen-bond acceptors (Lipinski definition) is 4. The molecule has 0 bridgehead atoms. The van der Waals surface area contributed by atoms with E-state index in [9.17, 15) is 9.90 Å². The topological polar surface area (TPSA) is 46.5 Å². The van der Waals surface area contributed by atoms with Gasteiger partial charge in [-0.25, -0.2) is 4.79 Å². The molecule has 0 saturated heterocycles. The highest BCUT2D eigenvalue weighted by Gasteiger charge is 2.34. The van der Waals surface area contributed by atoms with E-state index in [1.165, 1.54) is 0 Å². The number of aliphatic hydroxyl groups is 1. The standard InChI is InChI=1S/C19H26O3S/c1-6-23-10-14(5)16-9-15(20)18(19(21)22-16)17-12(3)7-11(2)8-13(17)4/h7-8,14,16,20H,6,9-10H2,1-5H3. The lowest BCUT2D eigenvalue weighted by Gasteiger charge is -2.29. The first-order chi connectivity index (χ1) is 10.8. The first-order valence-electron chi connectivity index (χ1n) is 8.14. The molecule has 0 radical (unpaired) electrons. The normalized spacial score (nSPS) is 19.7. The Labute approximate surface area is 143 Å². The molecule has 1 aliphatic heterocycles. The molecule has 4 heteroatoms. The van der Waals surface area contributed by atoms with Crippen LogP contribution in [-0.4, -0.2) is 28.7 Å². The van der Waals surface area contributed by atoms with Crippen molar-refractivity contribution < 1.29 is 14.6 Å². The van der Waals surface area contributed by atoms with Crippen molar-refractivity contribution in [3.63, 3.8) is 0 Å². The monoisotopic (exact) mass is 334 g/mol. The van der Waals surface area contributed by atoms with Crippen molar-refractivity contribution in [3.8, 4) is 0 Å². The van der Waals surface area contributed by atoms with Crippen molar-refractivity contribution in [2.45, 2.75) is 47.1 Å². The maximum atomic E-state index is 12.5. The molecular formula is C19H26O3S. The number of thioether (sulfide) groups is 1. The first-order valence-corrected chi connectivity index (χ1v) is 9.29. The number of carbonyl (C=O) groups excluding carboxylic acids is 1. The van der Waals surface area contributed by atoms with Gasteiger partial charge in [0.05, 0.1) is 0 Å². The molecule has 0 saturated carbocycles. The second kappa shape index (κ2) is 7.43. The third-order valence-corrected chi connectivity index (χ3v) is 5.46. The smallest absolute Gasteiger partial charge is 0.342 e. The van der Waals surface area contributed by atoms with Gasteiger partial charge in [-0.1, -0.05) is 31.5 Å². The molecule has 0 aromatic heterocycles. The van der Waals surface area contributed by atoms with Crippen molar-refractivity contribution in [1.29, 1.82) is 0 Å². The molecule has 1 aromatic rings. The Morgan fingerprint density at radius 1 is 1.30 bits per heavy atom. The Morgan fingerprint density at radius 3 is 2.43 bits per heavy atom. The number of hydrogen-bond donors (Lipinski definition) is 1. The molecule has 23 heavy (non-hydrogen) atoms. The van der Waals surface area contributed by atoms with E-state index in [4.69, 9.17) is 4.74 Å². The highest BCUT2D eigenvalue weighted by Crippen LogP contribution is 2.34. The summed E-state index contributed by atoms with van der Waals surface area (Å²) in [5.74, 6) is 1.96. The summed E-state index contributed by atoms with van der Waals surface area (Å²) >= 11 is 1.83. The van der Waals surface area contributed by atoms with Crippen molar-refractivity contribution in [1.82, 2.24) is 0 Å². The Hall–Kier alpha value is -1.42. The average Bonchev–Trinajstić information content (AvgIpc) is 2.46. The van der Waals surface area contributed by atoms with E-state index in [1.807, 2.05) is 44.7 Å². The lowest BCUT2D eigenvalue weighted by atomic mass is 9.89. The van der Waals surface area contributed by atoms with Crippen LogP contribution >= 0.6 is 11.8 Å². The maximum Gasteiger partial charge on any atom is 0.342 e. The van der Waals surface area contributed by atoms with Crippen LogP contribution < -0.4 is 0 Å². The fourth-order valence-corrected chi connectivity index (χ4v) is 4.02. The maximum absolute atomic E-state index is 12.5. The Balaban J connectivity index is 2.33. The molecule has 126 valence electrons. The summed E-state index contributed by atoms with van der Waals surface area (Å²) in [6, 6.07) is 4.06. The summed E-state index contributed by atoms with van der Waals surface area (Å²) < 4.78 is 5.65. The first kappa shape index (κ1) is 17.9. The zero-order valence-electron chi connectivity index (χ0n) is 14.6. The van der Waals surface area contributed by atoms with Crippen LogP contribution in [0, 0.1) is 26.7 Å². The van der Waals surface area contributed by atoms with E-state index in [0.717, 1.165) is 33.8 Å². The number of rotatable bonds is 5. The number of ether oxygens (including phenoxy) is 1. The van der Waals surface area contributed by atoms with Gasteiger partial charge in [0, 0.05) is 12.3 Å². The van der Waals surface area contributed by atoms with E-state index < -0.39 is 5.97 Å². The molecule has 2 unspecified atom stereocenters. The molecule has 0 amide bonds. The number of carbonyl (C=O) groups is 1. The highest BCUT2D eigenvalue weighted by molar-refractivity contribution is 7.99. The Morgan fingerprint density at radius 2 is 1.91 bits per heavy atom. The summed E-state index contributed by atoms with van der Waals surface area (Å²) in [5.41, 5.74) is 4.29. The van der Waals surface area contributed by atoms with Gasteiger partial charge in [0.2, 0.25) is 0 Å². The molecule has 3 nitrogen and oxygen atoms in total. The van der Waals surface area contributed by atoms with Crippen LogP contribution in [0.5, 0.6) is 0 Å². The van der Waals surface area contributed by atoms with Gasteiger partial charge in [-0.05, 0) is 49.0 Å². The molecule has 2 rings (SSSR count). The predicted octanol–water partition coefficient (Wildman–Crippen LogP) is 4.59. The van der Waals surface area contributed by atoms with Crippen LogP contribution in [0.4, 0.5) is 0 Å². The lowest BCUT2D eigenvalue weighted by molar-refractivity contribution is -0.145. The van der Waals surface area contributed by atoms with Gasteiger partial charge in [0.25, 0.3) is 0 Å². The van der Waals surface area contributed by atoms with Gasteiger partial charge >= 0.3 is 5.97 Å². The minimum atomic E-state index is -0.401. The van der Waals surface area contributed by atoms with Gasteiger partial charge in [0.1, 0.15) is 17.4 Å². The molecular weight excluding hydrogens is 308 g/mol. The minimum Gasteiger partial charge on any atom is -0.511 e. The summed E-state index contributed by atoms with van der Waals surface area (Å²) in [6.07, 6.45) is 0.163. The quantitative estimate of drug-likeness (QED) is 0.800. The van der Waals surface area contributed by atoms with Gasteiger partial charge in [0.15, 0.2) is 0 Å². The van der Waals surface area contributed by atoms with Gasteiger partial charge in [-0.15, -0.1) is 0 Å². The van der Waals surface area contributed by atoms with E-state index in [0.29, 0.717) is 12.0 Å². The zero-order chi connectivity index (χ0) is 17.1. The lowest BCUT2D eigenvalue weighted by Crippen LogP contribution is -2.32. The van der Waals surface area contributed by atoms with Crippen LogP contribution in [0.25, 0.3) is 5.57 Å². The third-order valence-electron chi connectivity index (χ3n) is 4.29. The summed E-state index contributed by atoms with van der Waals surface area (Å²) in [6.45, 7) is 10.1. The number of benzene rings is 1. The number of cyclic esters (lactones) is 1. The van der Waals surface area contributed by atoms with Crippen LogP contribution in [0.2, 0.25) is 0 Å². The SMILES string of the molecule is CCSCC(C)C1CC(O)=C(c2c(C)cc(C)cc2C)C(=O)O1. The molecule has 0 aliphatic carbocycles. The van der Waals surface area contributed by atoms with Crippen molar-refractivity contribution in [2.75, 3.05) is 11.5 Å². The van der Waals surface area contributed by atoms with Crippen LogP contribution in [0.15, 0.2) is 17.9 Å². The third kappa shape index (κ3) is 3.92. The van der Waals surface area contributed by atoms with Gasteiger partial charge in [-0.3, -0.25) is 0 Å². The largest absolute Gasteiger partial charge is 0.511 e. The van der Waals surface area contributed by atoms with E-state index in [1.54, 1.807) is 0 Å². The fourth-order valence-electron chi connectivity index (χ4n) is 3.20. The van der Waals surface area contributed by atoms with Crippen LogP contribution in [-0.2, 0) is 9.53 Å². The minimum absolute atomic E-state index is 0.162. The van der Waals surface area contributed by atoms with E-state index in [-0.39, 0.29) is 17.8 Å². The Kier molecular flexibility index (Phi) is 5.79. The summed E-state index contributed by atoms with van der Waals surface area (Å²) in [7, 11) is 0. The zero-order valence-corrected chi connectivity index (χ0v) is 15.4. The van der Waals surface area contributed by atoms with Gasteiger partial charge < -0.3 is 9.84 Å². The molecule has 2 atom stereocenters. The fraction of sp³-hybridized carbons (Fsp3) is 0.526. The molecule has 0 spiro atoms. The number of esters is 1. The highest BCUT2D eigenvalue weighted by atomic mass is 32.2. The molecule has 1 aliphatic rings. The van der Waals surface area contributed by atoms with Crippen molar-refractivity contribution in [3.05, 3.63) is 40.1 Å². The molecule has 1 N–H and O–H groups in total. The van der Waals surface area contributed by atoms with Crippen molar-refractivity contribution >= 4 is 23.3 Å². The Bertz CT molecular complexity index is 610. The summed E-state index contributed by atoms with van der Waals surface area (Å²) in [5, 5.41) is 10.5. The van der Waals surface area contributed by atoms with Crippen LogP contribution in [0.3, 0.4) is 0 Å². The predicted molar refractivity (Wildman–Crippen MR) is 96.9 cm³/mol. The van der Waals surface area contributed by atoms with Gasteiger partial charge in [-0.2, -0.15) is 11.8 Å².